The van der Waals surface area contributed by atoms with Crippen LogP contribution in [-0.2, 0) is 16.0 Å². The van der Waals surface area contributed by atoms with E-state index in [0.717, 1.165) is 0 Å². The average Bonchev–Trinajstić information content (AvgIpc) is 2.74. The Kier molecular flexibility index (Phi) is 5.28. The van der Waals surface area contributed by atoms with Crippen LogP contribution in [0.3, 0.4) is 0 Å². The summed E-state index contributed by atoms with van der Waals surface area (Å²) in [5.74, 6) is -1.15. The number of hydrogen-bond donors (Lipinski definition) is 2. The van der Waals surface area contributed by atoms with Crippen LogP contribution in [0, 0.1) is 0 Å². The standard InChI is InChI=1S/C13H22N4O4/c1-8(2)17-7-9(15-16-17)6-10(11(18)19)14-12(20)21-13(3,4)5/h7-8,10H,6H2,1-5H3,(H,14,20)(H,18,19). The number of aliphatic carboxylic acids is 1. The van der Waals surface area contributed by atoms with E-state index >= 15 is 0 Å². The van der Waals surface area contributed by atoms with Crippen LogP contribution in [0.5, 0.6) is 0 Å². The van der Waals surface area contributed by atoms with Crippen molar-refractivity contribution in [3.05, 3.63) is 11.9 Å². The van der Waals surface area contributed by atoms with Crippen LogP contribution in [0.4, 0.5) is 4.79 Å². The van der Waals surface area contributed by atoms with Crippen molar-refractivity contribution in [3.63, 3.8) is 0 Å². The van der Waals surface area contributed by atoms with Crippen molar-refractivity contribution < 1.29 is 19.4 Å². The molecule has 1 unspecified atom stereocenters. The van der Waals surface area contributed by atoms with Crippen LogP contribution in [0.15, 0.2) is 6.20 Å². The largest absolute Gasteiger partial charge is 0.480 e. The summed E-state index contributed by atoms with van der Waals surface area (Å²) in [6.45, 7) is 8.99. The molecule has 8 heteroatoms. The van der Waals surface area contributed by atoms with E-state index in [1.165, 1.54) is 0 Å². The van der Waals surface area contributed by atoms with Gasteiger partial charge in [-0.25, -0.2) is 14.3 Å². The van der Waals surface area contributed by atoms with E-state index in [4.69, 9.17) is 4.74 Å². The number of ether oxygens (including phenoxy) is 1. The summed E-state index contributed by atoms with van der Waals surface area (Å²) in [6, 6.07) is -0.981. The molecule has 118 valence electrons. The first-order valence-electron chi connectivity index (χ1n) is 6.71. The van der Waals surface area contributed by atoms with Gasteiger partial charge in [0.05, 0.1) is 5.69 Å². The summed E-state index contributed by atoms with van der Waals surface area (Å²) < 4.78 is 6.67. The first-order valence-corrected chi connectivity index (χ1v) is 6.71. The summed E-state index contributed by atoms with van der Waals surface area (Å²) >= 11 is 0. The van der Waals surface area contributed by atoms with E-state index < -0.39 is 23.7 Å². The molecule has 2 N–H and O–H groups in total. The molecule has 1 rings (SSSR count). The molecule has 0 aromatic carbocycles. The van der Waals surface area contributed by atoms with Crippen molar-refractivity contribution in [3.8, 4) is 0 Å². The van der Waals surface area contributed by atoms with E-state index in [2.05, 4.69) is 15.6 Å². The highest BCUT2D eigenvalue weighted by Crippen LogP contribution is 2.08. The van der Waals surface area contributed by atoms with Gasteiger partial charge in [-0.2, -0.15) is 0 Å². The van der Waals surface area contributed by atoms with Gasteiger partial charge in [-0.05, 0) is 34.6 Å². The zero-order chi connectivity index (χ0) is 16.2. The Morgan fingerprint density at radius 1 is 1.43 bits per heavy atom. The van der Waals surface area contributed by atoms with Crippen molar-refractivity contribution in [2.75, 3.05) is 0 Å². The van der Waals surface area contributed by atoms with Crippen LogP contribution in [-0.4, -0.2) is 43.8 Å². The third kappa shape index (κ3) is 5.80. The lowest BCUT2D eigenvalue weighted by atomic mass is 10.1. The van der Waals surface area contributed by atoms with Gasteiger partial charge in [-0.15, -0.1) is 5.10 Å². The number of nitrogens with one attached hydrogen (secondary N) is 1. The van der Waals surface area contributed by atoms with E-state index in [0.29, 0.717) is 5.69 Å². The second kappa shape index (κ2) is 6.55. The number of rotatable bonds is 5. The quantitative estimate of drug-likeness (QED) is 0.850. The predicted molar refractivity (Wildman–Crippen MR) is 74.9 cm³/mol. The van der Waals surface area contributed by atoms with Crippen LogP contribution in [0.2, 0.25) is 0 Å². The zero-order valence-corrected chi connectivity index (χ0v) is 13.0. The minimum Gasteiger partial charge on any atom is -0.480 e. The average molecular weight is 298 g/mol. The predicted octanol–water partition coefficient (Wildman–Crippen LogP) is 1.38. The molecule has 21 heavy (non-hydrogen) atoms. The number of amides is 1. The number of nitrogens with zero attached hydrogens (tertiary/aromatic N) is 3. The molecule has 1 atom stereocenters. The van der Waals surface area contributed by atoms with Gasteiger partial charge in [0, 0.05) is 18.7 Å². The normalized spacial score (nSPS) is 13.0. The van der Waals surface area contributed by atoms with E-state index in [1.54, 1.807) is 31.6 Å². The van der Waals surface area contributed by atoms with Gasteiger partial charge in [0.25, 0.3) is 0 Å². The van der Waals surface area contributed by atoms with Gasteiger partial charge in [0.15, 0.2) is 0 Å². The smallest absolute Gasteiger partial charge is 0.408 e. The summed E-state index contributed by atoms with van der Waals surface area (Å²) in [5.41, 5.74) is -0.194. The van der Waals surface area contributed by atoms with Crippen molar-refractivity contribution in [2.45, 2.75) is 58.7 Å². The number of carboxylic acid groups (broad SMARTS) is 1. The molecule has 0 radical (unpaired) electrons. The second-order valence-electron chi connectivity index (χ2n) is 6.02. The lowest BCUT2D eigenvalue weighted by Crippen LogP contribution is -2.44. The second-order valence-corrected chi connectivity index (χ2v) is 6.02. The lowest BCUT2D eigenvalue weighted by molar-refractivity contribution is -0.139. The number of hydrogen-bond acceptors (Lipinski definition) is 5. The van der Waals surface area contributed by atoms with Crippen LogP contribution < -0.4 is 5.32 Å². The molecular formula is C13H22N4O4. The monoisotopic (exact) mass is 298 g/mol. The molecule has 0 aliphatic rings. The van der Waals surface area contributed by atoms with Gasteiger partial charge in [-0.3, -0.25) is 0 Å². The topological polar surface area (TPSA) is 106 Å². The fourth-order valence-electron chi connectivity index (χ4n) is 1.52. The van der Waals surface area contributed by atoms with Crippen molar-refractivity contribution >= 4 is 12.1 Å². The summed E-state index contributed by atoms with van der Waals surface area (Å²) in [4.78, 5) is 22.9. The Balaban J connectivity index is 2.69. The summed E-state index contributed by atoms with van der Waals surface area (Å²) in [6.07, 6.45) is 0.935. The summed E-state index contributed by atoms with van der Waals surface area (Å²) in [7, 11) is 0. The minimum absolute atomic E-state index is 0.0430. The first-order chi connectivity index (χ1) is 9.58. The van der Waals surface area contributed by atoms with Crippen molar-refractivity contribution in [2.24, 2.45) is 0 Å². The van der Waals surface area contributed by atoms with E-state index in [9.17, 15) is 14.7 Å². The van der Waals surface area contributed by atoms with E-state index in [-0.39, 0.29) is 12.5 Å². The number of aromatic nitrogens is 3. The summed E-state index contributed by atoms with van der Waals surface area (Å²) in [5, 5.41) is 19.3. The third-order valence-corrected chi connectivity index (χ3v) is 2.49. The van der Waals surface area contributed by atoms with Gasteiger partial charge in [0.2, 0.25) is 0 Å². The zero-order valence-electron chi connectivity index (χ0n) is 13.0. The Labute approximate surface area is 123 Å². The lowest BCUT2D eigenvalue weighted by Gasteiger charge is -2.21. The van der Waals surface area contributed by atoms with Gasteiger partial charge in [-0.1, -0.05) is 5.21 Å². The van der Waals surface area contributed by atoms with Crippen LogP contribution >= 0.6 is 0 Å². The van der Waals surface area contributed by atoms with E-state index in [1.807, 2.05) is 13.8 Å². The van der Waals surface area contributed by atoms with Crippen LogP contribution in [0.1, 0.15) is 46.4 Å². The molecule has 1 aromatic rings. The molecule has 0 bridgehead atoms. The molecule has 1 amide bonds. The number of carbonyl (C=O) groups excluding carboxylic acids is 1. The molecule has 0 saturated carbocycles. The molecule has 8 nitrogen and oxygen atoms in total. The maximum Gasteiger partial charge on any atom is 0.408 e. The molecule has 1 aromatic heterocycles. The molecule has 0 aliphatic carbocycles. The Bertz CT molecular complexity index is 505. The Hall–Kier alpha value is -2.12. The highest BCUT2D eigenvalue weighted by atomic mass is 16.6. The minimum atomic E-state index is -1.15. The van der Waals surface area contributed by atoms with Crippen molar-refractivity contribution in [1.82, 2.24) is 20.3 Å². The maximum absolute atomic E-state index is 11.6. The number of carboxylic acids is 1. The Morgan fingerprint density at radius 2 is 2.05 bits per heavy atom. The highest BCUT2D eigenvalue weighted by molar-refractivity contribution is 5.80. The highest BCUT2D eigenvalue weighted by Gasteiger charge is 2.25. The fourth-order valence-corrected chi connectivity index (χ4v) is 1.52. The molecule has 0 saturated heterocycles. The maximum atomic E-state index is 11.6. The SMILES string of the molecule is CC(C)n1cc(CC(NC(=O)OC(C)(C)C)C(=O)O)nn1. The van der Waals surface area contributed by atoms with Crippen LogP contribution in [0.25, 0.3) is 0 Å². The number of alkyl carbamates (subject to hydrolysis) is 1. The van der Waals surface area contributed by atoms with Gasteiger partial charge in [0.1, 0.15) is 11.6 Å². The third-order valence-electron chi connectivity index (χ3n) is 2.49. The number of carbonyl (C=O) groups is 2. The first kappa shape index (κ1) is 16.9. The van der Waals surface area contributed by atoms with Crippen molar-refractivity contribution in [1.29, 1.82) is 0 Å². The molecule has 0 spiro atoms. The Morgan fingerprint density at radius 3 is 2.48 bits per heavy atom. The molecule has 1 heterocycles. The van der Waals surface area contributed by atoms with Gasteiger partial charge < -0.3 is 15.2 Å². The van der Waals surface area contributed by atoms with Gasteiger partial charge >= 0.3 is 12.1 Å². The molecule has 0 fully saturated rings. The molecular weight excluding hydrogens is 276 g/mol. The molecule has 0 aliphatic heterocycles. The fraction of sp³-hybridized carbons (Fsp3) is 0.692.